The normalized spacial score (nSPS) is 23.0. The van der Waals surface area contributed by atoms with Gasteiger partial charge in [0, 0.05) is 6.04 Å². The standard InChI is InChI=1S/C24H34N2O5.CH4O3S/c1-3-31-24(30)19(14-13-17-9-5-4-6-10-17)25-16(2)22(27)26-20-12-8-7-11-18(20)15-21(26)23(28)29;1-5(2,3)4/h4-6,9-10,16,18-21,25H,3,7-8,11-15H2,1-2H3,(H,28,29);1H3,(H,2,3,4)/t16-,18+,19-,20-,21-;/m0./s1. The molecule has 36 heavy (non-hydrogen) atoms. The number of carboxylic acid groups (broad SMARTS) is 1. The van der Waals surface area contributed by atoms with Crippen LogP contribution >= 0.6 is 0 Å². The van der Waals surface area contributed by atoms with Gasteiger partial charge >= 0.3 is 11.9 Å². The average molecular weight is 527 g/mol. The predicted octanol–water partition coefficient (Wildman–Crippen LogP) is 2.28. The van der Waals surface area contributed by atoms with Gasteiger partial charge in [0.1, 0.15) is 12.1 Å². The number of nitrogens with one attached hydrogen (secondary N) is 1. The molecule has 2 fully saturated rings. The fraction of sp³-hybridized carbons (Fsp3) is 0.640. The summed E-state index contributed by atoms with van der Waals surface area (Å²) >= 11 is 0. The average Bonchev–Trinajstić information content (AvgIpc) is 3.21. The summed E-state index contributed by atoms with van der Waals surface area (Å²) in [5, 5.41) is 12.9. The van der Waals surface area contributed by atoms with Gasteiger partial charge in [0.05, 0.1) is 18.9 Å². The number of hydrogen-bond acceptors (Lipinski definition) is 7. The van der Waals surface area contributed by atoms with E-state index in [4.69, 9.17) is 9.29 Å². The van der Waals surface area contributed by atoms with Crippen LogP contribution < -0.4 is 5.32 Å². The maximum absolute atomic E-state index is 13.4. The quantitative estimate of drug-likeness (QED) is 0.325. The van der Waals surface area contributed by atoms with Crippen molar-refractivity contribution in [2.75, 3.05) is 12.9 Å². The van der Waals surface area contributed by atoms with E-state index < -0.39 is 34.2 Å². The maximum atomic E-state index is 13.4. The number of carbonyl (C=O) groups is 3. The second-order valence-corrected chi connectivity index (χ2v) is 10.9. The van der Waals surface area contributed by atoms with Crippen LogP contribution in [0.15, 0.2) is 30.3 Å². The first kappa shape index (κ1) is 29.7. The van der Waals surface area contributed by atoms with Gasteiger partial charge in [-0.15, -0.1) is 0 Å². The molecule has 1 amide bonds. The Morgan fingerprint density at radius 3 is 2.36 bits per heavy atom. The lowest BCUT2D eigenvalue weighted by Gasteiger charge is -2.35. The Hall–Kier alpha value is -2.50. The number of benzene rings is 1. The molecular formula is C25H38N2O8S. The fourth-order valence-electron chi connectivity index (χ4n) is 5.06. The number of nitrogens with zero attached hydrogens (tertiary/aromatic N) is 1. The van der Waals surface area contributed by atoms with Crippen LogP contribution in [-0.2, 0) is 35.7 Å². The third-order valence-electron chi connectivity index (χ3n) is 6.58. The number of carboxylic acids is 1. The predicted molar refractivity (Wildman–Crippen MR) is 134 cm³/mol. The first-order valence-corrected chi connectivity index (χ1v) is 14.2. The number of aryl methyl sites for hydroxylation is 1. The molecule has 0 radical (unpaired) electrons. The van der Waals surface area contributed by atoms with Crippen molar-refractivity contribution in [1.29, 1.82) is 0 Å². The molecule has 2 aliphatic rings. The molecule has 5 atom stereocenters. The monoisotopic (exact) mass is 526 g/mol. The molecule has 0 unspecified atom stereocenters. The minimum atomic E-state index is -3.67. The summed E-state index contributed by atoms with van der Waals surface area (Å²) in [5.74, 6) is -1.31. The Balaban J connectivity index is 0.000000830. The van der Waals surface area contributed by atoms with Gasteiger partial charge in [-0.05, 0) is 57.4 Å². The van der Waals surface area contributed by atoms with Crippen LogP contribution in [0.25, 0.3) is 0 Å². The molecule has 0 bridgehead atoms. The number of rotatable bonds is 9. The zero-order chi connectivity index (χ0) is 26.9. The van der Waals surface area contributed by atoms with Gasteiger partial charge in [0.2, 0.25) is 5.91 Å². The second kappa shape index (κ2) is 13.7. The van der Waals surface area contributed by atoms with Crippen LogP contribution in [0, 0.1) is 5.92 Å². The Labute approximate surface area is 213 Å². The van der Waals surface area contributed by atoms with E-state index in [0.29, 0.717) is 25.5 Å². The van der Waals surface area contributed by atoms with Gasteiger partial charge in [-0.25, -0.2) is 4.79 Å². The number of aliphatic carboxylic acids is 1. The van der Waals surface area contributed by atoms with Crippen molar-refractivity contribution in [3.8, 4) is 0 Å². The van der Waals surface area contributed by atoms with E-state index in [0.717, 1.165) is 31.2 Å². The Bertz CT molecular complexity index is 977. The Morgan fingerprint density at radius 1 is 1.17 bits per heavy atom. The van der Waals surface area contributed by atoms with Crippen LogP contribution in [0.1, 0.15) is 57.9 Å². The van der Waals surface area contributed by atoms with Gasteiger partial charge < -0.3 is 14.7 Å². The minimum absolute atomic E-state index is 0.0167. The zero-order valence-electron chi connectivity index (χ0n) is 21.1. The molecule has 1 aliphatic carbocycles. The van der Waals surface area contributed by atoms with Crippen molar-refractivity contribution in [2.24, 2.45) is 5.92 Å². The smallest absolute Gasteiger partial charge is 0.326 e. The topological polar surface area (TPSA) is 150 Å². The summed E-state index contributed by atoms with van der Waals surface area (Å²) in [5.41, 5.74) is 1.10. The van der Waals surface area contributed by atoms with Gasteiger partial charge in [0.15, 0.2) is 0 Å². The highest BCUT2D eigenvalue weighted by Crippen LogP contribution is 2.40. The van der Waals surface area contributed by atoms with Crippen LogP contribution in [-0.4, -0.2) is 77.9 Å². The van der Waals surface area contributed by atoms with Gasteiger partial charge in [0.25, 0.3) is 10.1 Å². The highest BCUT2D eigenvalue weighted by Gasteiger charge is 2.48. The zero-order valence-corrected chi connectivity index (χ0v) is 21.9. The molecule has 11 heteroatoms. The summed E-state index contributed by atoms with van der Waals surface area (Å²) in [7, 11) is -3.67. The number of carbonyl (C=O) groups excluding carboxylic acids is 2. The number of esters is 1. The molecule has 10 nitrogen and oxygen atoms in total. The lowest BCUT2D eigenvalue weighted by molar-refractivity contribution is -0.152. The van der Waals surface area contributed by atoms with Crippen LogP contribution in [0.3, 0.4) is 0 Å². The molecule has 3 rings (SSSR count). The Kier molecular flexibility index (Phi) is 11.3. The lowest BCUT2D eigenvalue weighted by atomic mass is 9.84. The van der Waals surface area contributed by atoms with Crippen molar-refractivity contribution in [2.45, 2.75) is 83.0 Å². The largest absolute Gasteiger partial charge is 0.480 e. The van der Waals surface area contributed by atoms with Crippen LogP contribution in [0.4, 0.5) is 0 Å². The third kappa shape index (κ3) is 9.18. The number of fused-ring (bicyclic) bond motifs is 1. The van der Waals surface area contributed by atoms with E-state index in [2.05, 4.69) is 5.32 Å². The van der Waals surface area contributed by atoms with E-state index in [-0.39, 0.29) is 30.4 Å². The highest BCUT2D eigenvalue weighted by atomic mass is 32.2. The van der Waals surface area contributed by atoms with Gasteiger partial charge in [-0.2, -0.15) is 8.42 Å². The van der Waals surface area contributed by atoms with Crippen molar-refractivity contribution in [3.05, 3.63) is 35.9 Å². The van der Waals surface area contributed by atoms with Crippen molar-refractivity contribution in [1.82, 2.24) is 10.2 Å². The van der Waals surface area contributed by atoms with E-state index in [1.165, 1.54) is 0 Å². The maximum Gasteiger partial charge on any atom is 0.326 e. The third-order valence-corrected chi connectivity index (χ3v) is 6.58. The molecule has 1 saturated heterocycles. The highest BCUT2D eigenvalue weighted by molar-refractivity contribution is 7.85. The van der Waals surface area contributed by atoms with Gasteiger partial charge in [-0.3, -0.25) is 19.5 Å². The number of hydrogen-bond donors (Lipinski definition) is 3. The molecule has 1 aromatic rings. The molecular weight excluding hydrogens is 488 g/mol. The van der Waals surface area contributed by atoms with E-state index in [1.807, 2.05) is 30.3 Å². The van der Waals surface area contributed by atoms with Crippen molar-refractivity contribution < 1.29 is 37.2 Å². The van der Waals surface area contributed by atoms with Crippen molar-refractivity contribution >= 4 is 28.0 Å². The van der Waals surface area contributed by atoms with E-state index >= 15 is 0 Å². The van der Waals surface area contributed by atoms with Gasteiger partial charge in [-0.1, -0.05) is 43.2 Å². The number of amides is 1. The molecule has 1 saturated carbocycles. The molecule has 3 N–H and O–H groups in total. The van der Waals surface area contributed by atoms with Crippen molar-refractivity contribution in [3.63, 3.8) is 0 Å². The number of ether oxygens (including phenoxy) is 1. The number of likely N-dealkylation sites (tertiary alicyclic amines) is 1. The van der Waals surface area contributed by atoms with Crippen LogP contribution in [0.5, 0.6) is 0 Å². The summed E-state index contributed by atoms with van der Waals surface area (Å²) in [6, 6.07) is 7.75. The molecule has 0 spiro atoms. The minimum Gasteiger partial charge on any atom is -0.480 e. The van der Waals surface area contributed by atoms with E-state index in [9.17, 15) is 27.9 Å². The summed E-state index contributed by atoms with van der Waals surface area (Å²) in [6.07, 6.45) is 6.33. The fourth-order valence-corrected chi connectivity index (χ4v) is 5.06. The summed E-state index contributed by atoms with van der Waals surface area (Å²) in [6.45, 7) is 3.74. The Morgan fingerprint density at radius 2 is 1.78 bits per heavy atom. The molecule has 1 aromatic carbocycles. The summed E-state index contributed by atoms with van der Waals surface area (Å²) in [4.78, 5) is 39.3. The molecule has 202 valence electrons. The molecule has 0 aromatic heterocycles. The second-order valence-electron chi connectivity index (χ2n) is 9.40. The molecule has 1 heterocycles. The summed E-state index contributed by atoms with van der Waals surface area (Å²) < 4.78 is 31.1. The lowest BCUT2D eigenvalue weighted by Crippen LogP contribution is -2.55. The molecule has 1 aliphatic heterocycles. The first-order valence-electron chi connectivity index (χ1n) is 12.4. The van der Waals surface area contributed by atoms with E-state index in [1.54, 1.807) is 18.7 Å². The first-order chi connectivity index (χ1) is 16.9. The van der Waals surface area contributed by atoms with Crippen LogP contribution in [0.2, 0.25) is 0 Å². The SMILES string of the molecule is CCOC(=O)[C@H](CCc1ccccc1)N[C@@H](C)C(=O)N1[C@H](C(=O)O)C[C@H]2CCCC[C@@H]21.CS(=O)(=O)O.